The lowest BCUT2D eigenvalue weighted by atomic mass is 10.2. The van der Waals surface area contributed by atoms with Crippen molar-refractivity contribution in [2.75, 3.05) is 5.32 Å². The van der Waals surface area contributed by atoms with Crippen LogP contribution in [0.1, 0.15) is 11.3 Å². The van der Waals surface area contributed by atoms with Gasteiger partial charge in [-0.15, -0.1) is 0 Å². The molecule has 0 bridgehead atoms. The van der Waals surface area contributed by atoms with Crippen LogP contribution in [-0.4, -0.2) is 9.97 Å². The van der Waals surface area contributed by atoms with Crippen molar-refractivity contribution in [1.29, 1.82) is 5.26 Å². The zero-order chi connectivity index (χ0) is 11.2. The Kier molecular flexibility index (Phi) is 3.10. The number of hydrogen-bond acceptors (Lipinski definition) is 4. The molecule has 0 radical (unpaired) electrons. The minimum absolute atomic E-state index is 0.416. The molecule has 0 saturated carbocycles. The zero-order valence-electron chi connectivity index (χ0n) is 8.59. The van der Waals surface area contributed by atoms with E-state index in [0.29, 0.717) is 18.1 Å². The second kappa shape index (κ2) is 4.89. The zero-order valence-corrected chi connectivity index (χ0v) is 8.59. The molecule has 0 aromatic carbocycles. The maximum atomic E-state index is 8.70. The second-order valence-corrected chi connectivity index (χ2v) is 3.23. The third kappa shape index (κ3) is 2.55. The first-order valence-electron chi connectivity index (χ1n) is 4.88. The molecule has 4 heteroatoms. The van der Waals surface area contributed by atoms with Crippen molar-refractivity contribution in [2.45, 2.75) is 6.54 Å². The number of nitriles is 1. The van der Waals surface area contributed by atoms with Crippen LogP contribution in [0.15, 0.2) is 42.7 Å². The Hall–Kier alpha value is -2.41. The first kappa shape index (κ1) is 10.1. The Bertz CT molecular complexity index is 502. The van der Waals surface area contributed by atoms with E-state index in [9.17, 15) is 0 Å². The molecule has 0 saturated heterocycles. The third-order valence-electron chi connectivity index (χ3n) is 2.09. The van der Waals surface area contributed by atoms with Crippen LogP contribution in [0.5, 0.6) is 0 Å². The van der Waals surface area contributed by atoms with Gasteiger partial charge >= 0.3 is 0 Å². The highest BCUT2D eigenvalue weighted by Crippen LogP contribution is 2.06. The van der Waals surface area contributed by atoms with Gasteiger partial charge in [-0.1, -0.05) is 6.07 Å². The van der Waals surface area contributed by atoms with Gasteiger partial charge in [0.2, 0.25) is 0 Å². The standard InChI is InChI=1S/C12H10N4/c13-8-11-2-1-3-12(16-11)15-9-10-4-6-14-7-5-10/h1-7H,9H2,(H,15,16). The van der Waals surface area contributed by atoms with Gasteiger partial charge < -0.3 is 5.32 Å². The van der Waals surface area contributed by atoms with Crippen molar-refractivity contribution < 1.29 is 0 Å². The average Bonchev–Trinajstić information content (AvgIpc) is 2.38. The van der Waals surface area contributed by atoms with Crippen LogP contribution in [0.4, 0.5) is 5.82 Å². The number of rotatable bonds is 3. The van der Waals surface area contributed by atoms with E-state index in [1.807, 2.05) is 24.3 Å². The van der Waals surface area contributed by atoms with E-state index >= 15 is 0 Å². The number of pyridine rings is 2. The summed E-state index contributed by atoms with van der Waals surface area (Å²) < 4.78 is 0. The normalized spacial score (nSPS) is 9.44. The molecule has 1 N–H and O–H groups in total. The maximum Gasteiger partial charge on any atom is 0.142 e. The number of anilines is 1. The highest BCUT2D eigenvalue weighted by atomic mass is 15.0. The Morgan fingerprint density at radius 2 is 2.00 bits per heavy atom. The van der Waals surface area contributed by atoms with Crippen LogP contribution in [-0.2, 0) is 6.54 Å². The summed E-state index contributed by atoms with van der Waals surface area (Å²) in [6, 6.07) is 11.2. The minimum Gasteiger partial charge on any atom is -0.366 e. The molecule has 2 rings (SSSR count). The fourth-order valence-corrected chi connectivity index (χ4v) is 1.29. The van der Waals surface area contributed by atoms with Crippen LogP contribution < -0.4 is 5.32 Å². The van der Waals surface area contributed by atoms with Crippen LogP contribution in [0, 0.1) is 11.3 Å². The largest absolute Gasteiger partial charge is 0.366 e. The summed E-state index contributed by atoms with van der Waals surface area (Å²) in [7, 11) is 0. The van der Waals surface area contributed by atoms with E-state index in [-0.39, 0.29) is 0 Å². The SMILES string of the molecule is N#Cc1cccc(NCc2ccncc2)n1. The van der Waals surface area contributed by atoms with Gasteiger partial charge in [-0.05, 0) is 29.8 Å². The minimum atomic E-state index is 0.416. The van der Waals surface area contributed by atoms with Crippen molar-refractivity contribution in [3.05, 3.63) is 54.0 Å². The van der Waals surface area contributed by atoms with E-state index in [1.54, 1.807) is 24.5 Å². The van der Waals surface area contributed by atoms with Gasteiger partial charge in [-0.3, -0.25) is 4.98 Å². The van der Waals surface area contributed by atoms with Crippen molar-refractivity contribution >= 4 is 5.82 Å². The van der Waals surface area contributed by atoms with Gasteiger partial charge in [0.05, 0.1) is 0 Å². The highest BCUT2D eigenvalue weighted by molar-refractivity contribution is 5.38. The lowest BCUT2D eigenvalue weighted by molar-refractivity contribution is 1.09. The van der Waals surface area contributed by atoms with Crippen molar-refractivity contribution in [2.24, 2.45) is 0 Å². The summed E-state index contributed by atoms with van der Waals surface area (Å²) in [6.07, 6.45) is 3.49. The van der Waals surface area contributed by atoms with Gasteiger partial charge in [-0.2, -0.15) is 5.26 Å². The Morgan fingerprint density at radius 3 is 2.75 bits per heavy atom. The van der Waals surface area contributed by atoms with Crippen LogP contribution in [0.2, 0.25) is 0 Å². The van der Waals surface area contributed by atoms with E-state index in [4.69, 9.17) is 5.26 Å². The van der Waals surface area contributed by atoms with Crippen LogP contribution in [0.3, 0.4) is 0 Å². The summed E-state index contributed by atoms with van der Waals surface area (Å²) in [5, 5.41) is 11.8. The summed E-state index contributed by atoms with van der Waals surface area (Å²) in [5.74, 6) is 0.705. The van der Waals surface area contributed by atoms with E-state index in [0.717, 1.165) is 5.56 Å². The molecule has 0 unspecified atom stereocenters. The molecule has 78 valence electrons. The quantitative estimate of drug-likeness (QED) is 0.841. The highest BCUT2D eigenvalue weighted by Gasteiger charge is 1.96. The molecule has 0 aliphatic heterocycles. The topological polar surface area (TPSA) is 61.6 Å². The second-order valence-electron chi connectivity index (χ2n) is 3.23. The fourth-order valence-electron chi connectivity index (χ4n) is 1.29. The number of aromatic nitrogens is 2. The summed E-state index contributed by atoms with van der Waals surface area (Å²) >= 11 is 0. The predicted molar refractivity (Wildman–Crippen MR) is 60.5 cm³/mol. The molecule has 2 heterocycles. The molecule has 0 fully saturated rings. The van der Waals surface area contributed by atoms with Gasteiger partial charge in [-0.25, -0.2) is 4.98 Å². The van der Waals surface area contributed by atoms with E-state index in [2.05, 4.69) is 15.3 Å². The lowest BCUT2D eigenvalue weighted by Gasteiger charge is -2.04. The maximum absolute atomic E-state index is 8.70. The smallest absolute Gasteiger partial charge is 0.142 e. The molecule has 2 aromatic heterocycles. The van der Waals surface area contributed by atoms with Gasteiger partial charge in [0.1, 0.15) is 17.6 Å². The fraction of sp³-hybridized carbons (Fsp3) is 0.0833. The molecule has 0 aliphatic carbocycles. The monoisotopic (exact) mass is 210 g/mol. The van der Waals surface area contributed by atoms with Crippen LogP contribution in [0.25, 0.3) is 0 Å². The summed E-state index contributed by atoms with van der Waals surface area (Å²) in [4.78, 5) is 8.06. The molecular weight excluding hydrogens is 200 g/mol. The Labute approximate surface area is 93.6 Å². The summed E-state index contributed by atoms with van der Waals surface area (Å²) in [5.41, 5.74) is 1.54. The number of hydrogen-bond donors (Lipinski definition) is 1. The molecule has 0 atom stereocenters. The van der Waals surface area contributed by atoms with Gasteiger partial charge in [0.15, 0.2) is 0 Å². The van der Waals surface area contributed by atoms with Crippen molar-refractivity contribution in [3.63, 3.8) is 0 Å². The Morgan fingerprint density at radius 1 is 1.19 bits per heavy atom. The molecular formula is C12H10N4. The first-order chi connectivity index (χ1) is 7.88. The van der Waals surface area contributed by atoms with Crippen molar-refractivity contribution in [1.82, 2.24) is 9.97 Å². The number of nitrogens with one attached hydrogen (secondary N) is 1. The molecule has 16 heavy (non-hydrogen) atoms. The van der Waals surface area contributed by atoms with Crippen molar-refractivity contribution in [3.8, 4) is 6.07 Å². The molecule has 0 aliphatic rings. The molecule has 2 aromatic rings. The molecule has 0 spiro atoms. The third-order valence-corrected chi connectivity index (χ3v) is 2.09. The van der Waals surface area contributed by atoms with E-state index < -0.39 is 0 Å². The Balaban J connectivity index is 2.03. The van der Waals surface area contributed by atoms with Gasteiger partial charge in [0.25, 0.3) is 0 Å². The first-order valence-corrected chi connectivity index (χ1v) is 4.88. The van der Waals surface area contributed by atoms with Gasteiger partial charge in [0, 0.05) is 18.9 Å². The average molecular weight is 210 g/mol. The van der Waals surface area contributed by atoms with Crippen LogP contribution >= 0.6 is 0 Å². The number of nitrogens with zero attached hydrogens (tertiary/aromatic N) is 3. The van der Waals surface area contributed by atoms with E-state index in [1.165, 1.54) is 0 Å². The molecule has 0 amide bonds. The predicted octanol–water partition coefficient (Wildman–Crippen LogP) is 1.96. The lowest BCUT2D eigenvalue weighted by Crippen LogP contribution is -2.01. The molecule has 4 nitrogen and oxygen atoms in total. The summed E-state index contributed by atoms with van der Waals surface area (Å²) in [6.45, 7) is 0.671.